The molecule has 2 rings (SSSR count). The van der Waals surface area contributed by atoms with Crippen LogP contribution in [0, 0.1) is 0 Å². The quantitative estimate of drug-likeness (QED) is 0.800. The number of halogens is 3. The number of nitrogens with one attached hydrogen (secondary N) is 2. The smallest absolute Gasteiger partial charge is 0.336 e. The molecule has 20 heavy (non-hydrogen) atoms. The van der Waals surface area contributed by atoms with E-state index in [-0.39, 0.29) is 12.2 Å². The van der Waals surface area contributed by atoms with Gasteiger partial charge in [-0.25, -0.2) is 4.79 Å². The zero-order valence-corrected chi connectivity index (χ0v) is 10.8. The topological polar surface area (TPSA) is 67.1 Å². The first-order chi connectivity index (χ1) is 9.30. The Labute approximate surface area is 114 Å². The summed E-state index contributed by atoms with van der Waals surface area (Å²) in [5.74, 6) is 0. The molecular formula is C13H16F3N3O. The Morgan fingerprint density at radius 2 is 1.95 bits per heavy atom. The fourth-order valence-electron chi connectivity index (χ4n) is 2.07. The van der Waals surface area contributed by atoms with Crippen LogP contribution in [-0.4, -0.2) is 18.1 Å². The maximum absolute atomic E-state index is 12.7. The number of amides is 2. The van der Waals surface area contributed by atoms with Crippen LogP contribution in [0.15, 0.2) is 24.3 Å². The lowest BCUT2D eigenvalue weighted by Gasteiger charge is -2.38. The van der Waals surface area contributed by atoms with Gasteiger partial charge in [-0.3, -0.25) is 0 Å². The highest BCUT2D eigenvalue weighted by atomic mass is 19.4. The Bertz CT molecular complexity index is 498. The maximum atomic E-state index is 12.7. The summed E-state index contributed by atoms with van der Waals surface area (Å²) in [7, 11) is 0. The monoisotopic (exact) mass is 287 g/mol. The van der Waals surface area contributed by atoms with E-state index in [4.69, 9.17) is 5.73 Å². The predicted octanol–water partition coefficient (Wildman–Crippen LogP) is 2.71. The van der Waals surface area contributed by atoms with Gasteiger partial charge in [0.05, 0.1) is 11.3 Å². The number of carbonyl (C=O) groups is 1. The number of rotatable bonds is 3. The Morgan fingerprint density at radius 1 is 1.30 bits per heavy atom. The van der Waals surface area contributed by atoms with Crippen molar-refractivity contribution >= 4 is 11.7 Å². The minimum Gasteiger partial charge on any atom is -0.336 e. The third kappa shape index (κ3) is 3.41. The van der Waals surface area contributed by atoms with Crippen LogP contribution in [0.1, 0.15) is 24.8 Å². The molecule has 0 saturated heterocycles. The summed E-state index contributed by atoms with van der Waals surface area (Å²) in [5, 5.41) is 4.72. The molecule has 0 aliphatic heterocycles. The third-order valence-electron chi connectivity index (χ3n) is 3.43. The van der Waals surface area contributed by atoms with Crippen molar-refractivity contribution < 1.29 is 18.0 Å². The summed E-state index contributed by atoms with van der Waals surface area (Å²) in [6.07, 6.45) is -1.87. The fraction of sp³-hybridized carbons (Fsp3) is 0.462. The lowest BCUT2D eigenvalue weighted by atomic mass is 9.78. The molecule has 0 aromatic heterocycles. The van der Waals surface area contributed by atoms with Crippen molar-refractivity contribution in [2.45, 2.75) is 31.0 Å². The highest BCUT2D eigenvalue weighted by Gasteiger charge is 2.34. The van der Waals surface area contributed by atoms with Gasteiger partial charge in [-0.15, -0.1) is 0 Å². The van der Waals surface area contributed by atoms with Gasteiger partial charge in [0.15, 0.2) is 0 Å². The van der Waals surface area contributed by atoms with Crippen LogP contribution < -0.4 is 16.4 Å². The Hall–Kier alpha value is -1.76. The maximum Gasteiger partial charge on any atom is 0.418 e. The molecule has 1 aromatic rings. The van der Waals surface area contributed by atoms with Gasteiger partial charge < -0.3 is 16.4 Å². The van der Waals surface area contributed by atoms with E-state index < -0.39 is 23.3 Å². The molecule has 0 unspecified atom stereocenters. The number of hydrogen-bond acceptors (Lipinski definition) is 2. The lowest BCUT2D eigenvalue weighted by Crippen LogP contribution is -2.55. The normalized spacial score (nSPS) is 17.2. The SMILES string of the molecule is NC1(CNC(=O)Nc2ccccc2C(F)(F)F)CCC1. The second kappa shape index (κ2) is 5.32. The summed E-state index contributed by atoms with van der Waals surface area (Å²) >= 11 is 0. The third-order valence-corrected chi connectivity index (χ3v) is 3.43. The molecule has 0 radical (unpaired) electrons. The minimum atomic E-state index is -4.51. The molecule has 1 aliphatic rings. The van der Waals surface area contributed by atoms with Crippen molar-refractivity contribution in [3.8, 4) is 0 Å². The molecule has 0 atom stereocenters. The average molecular weight is 287 g/mol. The van der Waals surface area contributed by atoms with E-state index in [0.29, 0.717) is 0 Å². The molecule has 1 saturated carbocycles. The largest absolute Gasteiger partial charge is 0.418 e. The first-order valence-corrected chi connectivity index (χ1v) is 6.30. The van der Waals surface area contributed by atoms with Gasteiger partial charge in [-0.1, -0.05) is 12.1 Å². The second-order valence-corrected chi connectivity index (χ2v) is 5.07. The van der Waals surface area contributed by atoms with Gasteiger partial charge >= 0.3 is 12.2 Å². The number of hydrogen-bond donors (Lipinski definition) is 3. The Morgan fingerprint density at radius 3 is 2.50 bits per heavy atom. The van der Waals surface area contributed by atoms with Crippen molar-refractivity contribution in [2.75, 3.05) is 11.9 Å². The zero-order chi connectivity index (χ0) is 14.8. The van der Waals surface area contributed by atoms with Crippen LogP contribution in [0.2, 0.25) is 0 Å². The molecule has 110 valence electrons. The molecule has 2 amide bonds. The summed E-state index contributed by atoms with van der Waals surface area (Å²) < 4.78 is 38.2. The molecule has 4 N–H and O–H groups in total. The van der Waals surface area contributed by atoms with Crippen LogP contribution in [0.3, 0.4) is 0 Å². The standard InChI is InChI=1S/C13H16F3N3O/c14-13(15,16)9-4-1-2-5-10(9)19-11(20)18-8-12(17)6-3-7-12/h1-2,4-5H,3,6-8,17H2,(H2,18,19,20). The molecule has 1 fully saturated rings. The molecular weight excluding hydrogens is 271 g/mol. The molecule has 0 heterocycles. The Balaban J connectivity index is 1.97. The van der Waals surface area contributed by atoms with Gasteiger partial charge in [0.2, 0.25) is 0 Å². The number of urea groups is 1. The summed E-state index contributed by atoms with van der Waals surface area (Å²) in [6.45, 7) is 0.257. The van der Waals surface area contributed by atoms with Crippen molar-refractivity contribution in [1.29, 1.82) is 0 Å². The zero-order valence-electron chi connectivity index (χ0n) is 10.8. The van der Waals surface area contributed by atoms with Gasteiger partial charge in [-0.2, -0.15) is 13.2 Å². The predicted molar refractivity (Wildman–Crippen MR) is 69.2 cm³/mol. The van der Waals surface area contributed by atoms with Gasteiger partial charge in [0.1, 0.15) is 0 Å². The van der Waals surface area contributed by atoms with Crippen molar-refractivity contribution in [1.82, 2.24) is 5.32 Å². The van der Waals surface area contributed by atoms with E-state index in [0.717, 1.165) is 25.3 Å². The van der Waals surface area contributed by atoms with Gasteiger partial charge in [0, 0.05) is 12.1 Å². The summed E-state index contributed by atoms with van der Waals surface area (Å²) in [4.78, 5) is 11.6. The van der Waals surface area contributed by atoms with Crippen LogP contribution in [0.5, 0.6) is 0 Å². The number of benzene rings is 1. The molecule has 1 aromatic carbocycles. The molecule has 0 bridgehead atoms. The number of alkyl halides is 3. The first kappa shape index (κ1) is 14.6. The van der Waals surface area contributed by atoms with Gasteiger partial charge in [0.25, 0.3) is 0 Å². The first-order valence-electron chi connectivity index (χ1n) is 6.30. The second-order valence-electron chi connectivity index (χ2n) is 5.07. The van der Waals surface area contributed by atoms with Crippen LogP contribution in [0.4, 0.5) is 23.7 Å². The van der Waals surface area contributed by atoms with Crippen molar-refractivity contribution in [3.63, 3.8) is 0 Å². The summed E-state index contributed by atoms with van der Waals surface area (Å²) in [5.41, 5.74) is 4.37. The van der Waals surface area contributed by atoms with E-state index in [1.807, 2.05) is 0 Å². The molecule has 7 heteroatoms. The highest BCUT2D eigenvalue weighted by Crippen LogP contribution is 2.34. The lowest BCUT2D eigenvalue weighted by molar-refractivity contribution is -0.136. The number of carbonyl (C=O) groups excluding carboxylic acids is 1. The van der Waals surface area contributed by atoms with E-state index in [1.54, 1.807) is 0 Å². The van der Waals surface area contributed by atoms with Crippen molar-refractivity contribution in [2.24, 2.45) is 5.73 Å². The number of para-hydroxylation sites is 1. The molecule has 4 nitrogen and oxygen atoms in total. The Kier molecular flexibility index (Phi) is 3.89. The van der Waals surface area contributed by atoms with E-state index in [2.05, 4.69) is 10.6 Å². The minimum absolute atomic E-state index is 0.257. The fourth-order valence-corrected chi connectivity index (χ4v) is 2.07. The molecule has 1 aliphatic carbocycles. The van der Waals surface area contributed by atoms with Crippen LogP contribution in [0.25, 0.3) is 0 Å². The molecule has 0 spiro atoms. The average Bonchev–Trinajstić information content (AvgIpc) is 2.33. The highest BCUT2D eigenvalue weighted by molar-refractivity contribution is 5.90. The van der Waals surface area contributed by atoms with E-state index in [9.17, 15) is 18.0 Å². The van der Waals surface area contributed by atoms with E-state index in [1.165, 1.54) is 18.2 Å². The summed E-state index contributed by atoms with van der Waals surface area (Å²) in [6, 6.07) is 4.16. The van der Waals surface area contributed by atoms with Crippen LogP contribution >= 0.6 is 0 Å². The number of nitrogens with two attached hydrogens (primary N) is 1. The van der Waals surface area contributed by atoms with Crippen LogP contribution in [-0.2, 0) is 6.18 Å². The number of anilines is 1. The van der Waals surface area contributed by atoms with E-state index >= 15 is 0 Å². The van der Waals surface area contributed by atoms with Crippen molar-refractivity contribution in [3.05, 3.63) is 29.8 Å². The van der Waals surface area contributed by atoms with Gasteiger partial charge in [-0.05, 0) is 31.4 Å².